The maximum absolute atomic E-state index is 11.8. The van der Waals surface area contributed by atoms with Crippen molar-refractivity contribution in [3.63, 3.8) is 0 Å². The summed E-state index contributed by atoms with van der Waals surface area (Å²) in [5.41, 5.74) is 9.17. The first-order valence-corrected chi connectivity index (χ1v) is 7.67. The van der Waals surface area contributed by atoms with Gasteiger partial charge in [0.2, 0.25) is 0 Å². The number of nitrogens with one attached hydrogen (secondary N) is 2. The third-order valence-corrected chi connectivity index (χ3v) is 4.10. The van der Waals surface area contributed by atoms with Crippen molar-refractivity contribution in [3.05, 3.63) is 59.7 Å². The van der Waals surface area contributed by atoms with Gasteiger partial charge in [0, 0.05) is 5.92 Å². The summed E-state index contributed by atoms with van der Waals surface area (Å²) >= 11 is 0. The van der Waals surface area contributed by atoms with E-state index in [0.29, 0.717) is 0 Å². The number of carboxylic acids is 1. The Bertz CT molecular complexity index is 730. The number of carbonyl (C=O) groups excluding carboxylic acids is 1. The average molecular weight is 326 g/mol. The number of aliphatic carboxylic acids is 1. The summed E-state index contributed by atoms with van der Waals surface area (Å²) in [6.45, 7) is 1.61. The van der Waals surface area contributed by atoms with Crippen molar-refractivity contribution in [3.8, 4) is 11.1 Å². The van der Waals surface area contributed by atoms with Crippen LogP contribution in [0.1, 0.15) is 24.0 Å². The lowest BCUT2D eigenvalue weighted by Gasteiger charge is -2.15. The molecular weight excluding hydrogens is 308 g/mol. The van der Waals surface area contributed by atoms with Crippen LogP contribution in [-0.4, -0.2) is 29.8 Å². The summed E-state index contributed by atoms with van der Waals surface area (Å²) in [6, 6.07) is 15.2. The van der Waals surface area contributed by atoms with Crippen molar-refractivity contribution in [2.24, 2.45) is 0 Å². The standard InChI is InChI=1S/C18H18N2O4/c1-11(17(21)22)19-20-18(23)24-10-16-14-8-4-2-6-12(14)13-7-3-5-9-15(13)16/h2-9,11,16,19H,10H2,1H3,(H,20,23)(H,21,22). The highest BCUT2D eigenvalue weighted by atomic mass is 16.6. The van der Waals surface area contributed by atoms with Crippen LogP contribution in [0.3, 0.4) is 0 Å². The predicted molar refractivity (Wildman–Crippen MR) is 88.4 cm³/mol. The van der Waals surface area contributed by atoms with Gasteiger partial charge >= 0.3 is 12.1 Å². The van der Waals surface area contributed by atoms with Gasteiger partial charge in [0.05, 0.1) is 0 Å². The lowest BCUT2D eigenvalue weighted by Crippen LogP contribution is -2.46. The molecule has 1 amide bonds. The highest BCUT2D eigenvalue weighted by Gasteiger charge is 2.29. The van der Waals surface area contributed by atoms with E-state index in [2.05, 4.69) is 23.0 Å². The molecule has 1 aliphatic carbocycles. The minimum Gasteiger partial charge on any atom is -0.480 e. The van der Waals surface area contributed by atoms with Crippen LogP contribution in [0.15, 0.2) is 48.5 Å². The molecule has 0 aliphatic heterocycles. The number of amides is 1. The molecule has 2 aromatic rings. The molecule has 0 saturated heterocycles. The minimum atomic E-state index is -1.06. The van der Waals surface area contributed by atoms with Crippen LogP contribution in [0.25, 0.3) is 11.1 Å². The molecule has 3 N–H and O–H groups in total. The number of benzene rings is 2. The smallest absolute Gasteiger partial charge is 0.421 e. The second-order valence-electron chi connectivity index (χ2n) is 5.65. The molecular formula is C18H18N2O4. The Balaban J connectivity index is 1.67. The molecule has 1 aliphatic rings. The van der Waals surface area contributed by atoms with Crippen LogP contribution in [0, 0.1) is 0 Å². The molecule has 124 valence electrons. The van der Waals surface area contributed by atoms with Gasteiger partial charge in [0.25, 0.3) is 0 Å². The molecule has 24 heavy (non-hydrogen) atoms. The molecule has 0 aromatic heterocycles. The highest BCUT2D eigenvalue weighted by Crippen LogP contribution is 2.44. The summed E-state index contributed by atoms with van der Waals surface area (Å²) in [5.74, 6) is -1.09. The Kier molecular flexibility index (Phi) is 4.48. The Labute approximate surface area is 139 Å². The fourth-order valence-electron chi connectivity index (χ4n) is 2.86. The number of hydrazine groups is 1. The first-order valence-electron chi connectivity index (χ1n) is 7.67. The predicted octanol–water partition coefficient (Wildman–Crippen LogP) is 2.50. The minimum absolute atomic E-state index is 0.0277. The summed E-state index contributed by atoms with van der Waals surface area (Å²) in [5, 5.41) is 8.76. The van der Waals surface area contributed by atoms with Crippen LogP contribution in [0.5, 0.6) is 0 Å². The molecule has 0 radical (unpaired) electrons. The first kappa shape index (κ1) is 16.0. The van der Waals surface area contributed by atoms with E-state index in [0.717, 1.165) is 22.3 Å². The van der Waals surface area contributed by atoms with Crippen molar-refractivity contribution in [2.75, 3.05) is 6.61 Å². The zero-order chi connectivity index (χ0) is 17.1. The van der Waals surface area contributed by atoms with Gasteiger partial charge in [-0.2, -0.15) is 0 Å². The van der Waals surface area contributed by atoms with Gasteiger partial charge < -0.3 is 9.84 Å². The number of rotatable bonds is 5. The van der Waals surface area contributed by atoms with Crippen molar-refractivity contribution >= 4 is 12.1 Å². The molecule has 0 spiro atoms. The van der Waals surface area contributed by atoms with E-state index in [9.17, 15) is 9.59 Å². The zero-order valence-electron chi connectivity index (χ0n) is 13.2. The lowest BCUT2D eigenvalue weighted by atomic mass is 9.98. The molecule has 6 nitrogen and oxygen atoms in total. The monoisotopic (exact) mass is 326 g/mol. The normalized spacial score (nSPS) is 13.7. The largest absolute Gasteiger partial charge is 0.480 e. The van der Waals surface area contributed by atoms with Gasteiger partial charge in [0.1, 0.15) is 12.6 Å². The van der Waals surface area contributed by atoms with Crippen molar-refractivity contribution < 1.29 is 19.4 Å². The summed E-state index contributed by atoms with van der Waals surface area (Å²) < 4.78 is 5.26. The molecule has 0 saturated carbocycles. The van der Waals surface area contributed by atoms with Gasteiger partial charge in [0.15, 0.2) is 0 Å². The Morgan fingerprint density at radius 3 is 2.17 bits per heavy atom. The van der Waals surface area contributed by atoms with E-state index < -0.39 is 18.1 Å². The van der Waals surface area contributed by atoms with Crippen molar-refractivity contribution in [1.29, 1.82) is 0 Å². The molecule has 0 heterocycles. The number of ether oxygens (including phenoxy) is 1. The summed E-state index contributed by atoms with van der Waals surface area (Å²) in [6.07, 6.45) is -0.704. The van der Waals surface area contributed by atoms with Gasteiger partial charge in [-0.1, -0.05) is 48.5 Å². The number of carboxylic acid groups (broad SMARTS) is 1. The van der Waals surface area contributed by atoms with Crippen LogP contribution < -0.4 is 10.9 Å². The molecule has 0 bridgehead atoms. The Hall–Kier alpha value is -2.86. The molecule has 6 heteroatoms. The molecule has 1 atom stereocenters. The number of carbonyl (C=O) groups is 2. The van der Waals surface area contributed by atoms with Crippen LogP contribution in [0.4, 0.5) is 4.79 Å². The van der Waals surface area contributed by atoms with E-state index in [1.807, 2.05) is 36.4 Å². The van der Waals surface area contributed by atoms with E-state index in [4.69, 9.17) is 9.84 Å². The maximum Gasteiger partial charge on any atom is 0.421 e. The third kappa shape index (κ3) is 3.09. The first-order chi connectivity index (χ1) is 11.6. The number of hydrogen-bond acceptors (Lipinski definition) is 4. The van der Waals surface area contributed by atoms with E-state index in [1.54, 1.807) is 0 Å². The number of hydrogen-bond donors (Lipinski definition) is 3. The Morgan fingerprint density at radius 1 is 1.08 bits per heavy atom. The maximum atomic E-state index is 11.8. The topological polar surface area (TPSA) is 87.7 Å². The SMILES string of the molecule is CC(NNC(=O)OCC1c2ccccc2-c2ccccc21)C(=O)O. The quantitative estimate of drug-likeness (QED) is 0.735. The fourth-order valence-corrected chi connectivity index (χ4v) is 2.86. The van der Waals surface area contributed by atoms with Gasteiger partial charge in [-0.15, -0.1) is 0 Å². The van der Waals surface area contributed by atoms with Crippen LogP contribution in [-0.2, 0) is 9.53 Å². The summed E-state index contributed by atoms with van der Waals surface area (Å²) in [7, 11) is 0. The summed E-state index contributed by atoms with van der Waals surface area (Å²) in [4.78, 5) is 22.5. The van der Waals surface area contributed by atoms with Gasteiger partial charge in [-0.3, -0.25) is 10.2 Å². The van der Waals surface area contributed by atoms with Crippen molar-refractivity contribution in [1.82, 2.24) is 10.9 Å². The van der Waals surface area contributed by atoms with Crippen LogP contribution >= 0.6 is 0 Å². The molecule has 2 aromatic carbocycles. The van der Waals surface area contributed by atoms with E-state index in [-0.39, 0.29) is 12.5 Å². The van der Waals surface area contributed by atoms with E-state index in [1.165, 1.54) is 6.92 Å². The third-order valence-electron chi connectivity index (χ3n) is 4.10. The van der Waals surface area contributed by atoms with Crippen LogP contribution in [0.2, 0.25) is 0 Å². The lowest BCUT2D eigenvalue weighted by molar-refractivity contribution is -0.139. The van der Waals surface area contributed by atoms with Crippen molar-refractivity contribution in [2.45, 2.75) is 18.9 Å². The molecule has 0 fully saturated rings. The van der Waals surface area contributed by atoms with Gasteiger partial charge in [-0.25, -0.2) is 10.2 Å². The van der Waals surface area contributed by atoms with E-state index >= 15 is 0 Å². The average Bonchev–Trinajstić information content (AvgIpc) is 2.92. The van der Waals surface area contributed by atoms with Gasteiger partial charge in [-0.05, 0) is 29.2 Å². The fraction of sp³-hybridized carbons (Fsp3) is 0.222. The Morgan fingerprint density at radius 2 is 1.62 bits per heavy atom. The molecule has 1 unspecified atom stereocenters. The highest BCUT2D eigenvalue weighted by molar-refractivity contribution is 5.79. The molecule has 3 rings (SSSR count). The zero-order valence-corrected chi connectivity index (χ0v) is 13.2. The second-order valence-corrected chi connectivity index (χ2v) is 5.65. The second kappa shape index (κ2) is 6.72. The number of fused-ring (bicyclic) bond motifs is 3.